The lowest BCUT2D eigenvalue weighted by Crippen LogP contribution is -2.51. The van der Waals surface area contributed by atoms with E-state index in [1.165, 1.54) is 9.58 Å². The van der Waals surface area contributed by atoms with Gasteiger partial charge in [0.1, 0.15) is 24.6 Å². The van der Waals surface area contributed by atoms with E-state index in [2.05, 4.69) is 26.3 Å². The van der Waals surface area contributed by atoms with Crippen LogP contribution in [0.4, 0.5) is 11.4 Å². The molecule has 3 aliphatic heterocycles. The Hall–Kier alpha value is -5.98. The molecule has 2 fully saturated rings. The van der Waals surface area contributed by atoms with Gasteiger partial charge in [0.15, 0.2) is 0 Å². The molecule has 3 atom stereocenters. The van der Waals surface area contributed by atoms with E-state index < -0.39 is 47.5 Å². The van der Waals surface area contributed by atoms with Crippen LogP contribution in [0.3, 0.4) is 0 Å². The van der Waals surface area contributed by atoms with E-state index in [0.717, 1.165) is 5.70 Å². The number of aliphatic hydroxyl groups excluding tert-OH is 1. The molecule has 18 heteroatoms. The minimum Gasteiger partial charge on any atom is -0.380 e. The summed E-state index contributed by atoms with van der Waals surface area (Å²) < 4.78 is 1.25. The van der Waals surface area contributed by atoms with Crippen LogP contribution in [-0.2, 0) is 35.3 Å². The third-order valence-corrected chi connectivity index (χ3v) is 9.98. The van der Waals surface area contributed by atoms with Gasteiger partial charge in [0, 0.05) is 63.1 Å². The summed E-state index contributed by atoms with van der Waals surface area (Å²) in [4.78, 5) is 96.3. The van der Waals surface area contributed by atoms with Gasteiger partial charge in [-0.25, -0.2) is 10.8 Å². The molecule has 18 nitrogen and oxygen atoms in total. The predicted molar refractivity (Wildman–Crippen MR) is 199 cm³/mol. The summed E-state index contributed by atoms with van der Waals surface area (Å²) >= 11 is 0. The number of amides is 6. The molecule has 3 aliphatic rings. The largest absolute Gasteiger partial charge is 0.380 e. The Bertz CT molecular complexity index is 2160. The summed E-state index contributed by atoms with van der Waals surface area (Å²) in [6.45, 7) is 1.55. The molecule has 0 saturated carbocycles. The van der Waals surface area contributed by atoms with Crippen LogP contribution < -0.4 is 32.7 Å². The maximum Gasteiger partial charge on any atom is 0.264 e. The lowest BCUT2D eigenvalue weighted by Gasteiger charge is -2.31. The zero-order valence-corrected chi connectivity index (χ0v) is 30.8. The number of nitrogens with zero attached hydrogens (tertiary/aromatic N) is 5. The Labute approximate surface area is 315 Å². The van der Waals surface area contributed by atoms with Crippen molar-refractivity contribution >= 4 is 57.7 Å². The number of carbonyl (C=O) groups is 6. The highest BCUT2D eigenvalue weighted by Gasteiger charge is 2.40. The topological polar surface area (TPSA) is 241 Å². The van der Waals surface area contributed by atoms with Crippen molar-refractivity contribution in [2.45, 2.75) is 76.7 Å². The van der Waals surface area contributed by atoms with Crippen LogP contribution >= 0.6 is 0 Å². The van der Waals surface area contributed by atoms with Crippen LogP contribution in [0, 0.1) is 6.92 Å². The number of aromatic nitrogens is 2. The highest BCUT2D eigenvalue weighted by Crippen LogP contribution is 2.39. The Morgan fingerprint density at radius 1 is 0.927 bits per heavy atom. The molecule has 2 aromatic carbocycles. The van der Waals surface area contributed by atoms with Crippen LogP contribution in [0.25, 0.3) is 10.9 Å². The van der Waals surface area contributed by atoms with Gasteiger partial charge in [-0.15, -0.1) is 0 Å². The number of imide groups is 2. The summed E-state index contributed by atoms with van der Waals surface area (Å²) in [5, 5.41) is 22.5. The number of aryl methyl sites for hydroxylation is 1. The molecule has 6 rings (SSSR count). The number of piperidine rings is 2. The van der Waals surface area contributed by atoms with Crippen molar-refractivity contribution in [3.8, 4) is 0 Å². The second kappa shape index (κ2) is 16.2. The molecule has 0 spiro atoms. The zero-order valence-electron chi connectivity index (χ0n) is 30.8. The molecule has 3 unspecified atom stereocenters. The summed E-state index contributed by atoms with van der Waals surface area (Å²) in [5.41, 5.74) is 2.56. The monoisotopic (exact) mass is 756 g/mol. The summed E-state index contributed by atoms with van der Waals surface area (Å²) in [5.74, 6) is 3.96. The van der Waals surface area contributed by atoms with Crippen molar-refractivity contribution in [2.24, 2.45) is 5.84 Å². The number of nitrogens with one attached hydrogen (secondary N) is 4. The van der Waals surface area contributed by atoms with Gasteiger partial charge in [0.05, 0.1) is 22.6 Å². The van der Waals surface area contributed by atoms with E-state index in [0.29, 0.717) is 47.4 Å². The lowest BCUT2D eigenvalue weighted by molar-refractivity contribution is -0.142. The fourth-order valence-corrected chi connectivity index (χ4v) is 7.26. The normalized spacial score (nSPS) is 20.2. The minimum atomic E-state index is -1.06. The third-order valence-electron chi connectivity index (χ3n) is 9.98. The molecule has 0 bridgehead atoms. The Balaban J connectivity index is 1.05. The number of aliphatic hydroxyl groups is 1. The van der Waals surface area contributed by atoms with Crippen molar-refractivity contribution in [3.05, 3.63) is 75.6 Å². The van der Waals surface area contributed by atoms with Crippen LogP contribution in [-0.4, -0.2) is 91.6 Å². The molecule has 1 aromatic heterocycles. The maximum absolute atomic E-state index is 13.7. The van der Waals surface area contributed by atoms with Gasteiger partial charge in [-0.3, -0.25) is 53.7 Å². The van der Waals surface area contributed by atoms with Crippen LogP contribution in [0.2, 0.25) is 0 Å². The average molecular weight is 757 g/mol. The number of hydrazine groups is 1. The Kier molecular flexibility index (Phi) is 11.4. The van der Waals surface area contributed by atoms with Crippen molar-refractivity contribution < 1.29 is 33.9 Å². The van der Waals surface area contributed by atoms with E-state index in [1.807, 2.05) is 19.0 Å². The maximum atomic E-state index is 13.7. The summed E-state index contributed by atoms with van der Waals surface area (Å²) in [7, 11) is 3.62. The van der Waals surface area contributed by atoms with Crippen LogP contribution in [0.15, 0.2) is 53.1 Å². The van der Waals surface area contributed by atoms with E-state index in [1.54, 1.807) is 54.4 Å². The molecular weight excluding hydrogens is 712 g/mol. The third kappa shape index (κ3) is 8.40. The van der Waals surface area contributed by atoms with Gasteiger partial charge in [-0.1, -0.05) is 18.2 Å². The first-order valence-electron chi connectivity index (χ1n) is 18.0. The fraction of sp³-hybridized carbons (Fsp3) is 0.405. The molecule has 0 radical (unpaired) electrons. The highest BCUT2D eigenvalue weighted by atomic mass is 16.3. The standard InChI is InChI=1S/C37H44N10O8/c1-20-39-25-10-6-11-26(33(25)37(55)47(20)28-14-16-31(50)43-35(28)53)41-32(51)19-45(38)17-21(44(2)3)7-4-12-29(48)40-24-9-5-8-22-23(24)18-46(36(22)54)27-13-15-30(49)42-34(27)52/h5-6,8-11,17,27-28,36,54H,4,7,12-16,18-19,38H2,1-3H3,(H,40,48)(H,41,51)(H,42,49,52)(H,43,50,53)/b21-17-. The van der Waals surface area contributed by atoms with E-state index >= 15 is 0 Å². The van der Waals surface area contributed by atoms with Crippen LogP contribution in [0.1, 0.15) is 74.2 Å². The van der Waals surface area contributed by atoms with Crippen LogP contribution in [0.5, 0.6) is 0 Å². The van der Waals surface area contributed by atoms with Gasteiger partial charge < -0.3 is 25.6 Å². The van der Waals surface area contributed by atoms with Crippen molar-refractivity contribution in [1.82, 2.24) is 35.0 Å². The fourth-order valence-electron chi connectivity index (χ4n) is 7.26. The first-order valence-corrected chi connectivity index (χ1v) is 18.0. The Morgan fingerprint density at radius 2 is 1.56 bits per heavy atom. The lowest BCUT2D eigenvalue weighted by atomic mass is 10.0. The number of carbonyl (C=O) groups excluding carboxylic acids is 6. The number of hydrogen-bond donors (Lipinski definition) is 6. The number of anilines is 2. The van der Waals surface area contributed by atoms with Gasteiger partial charge in [0.25, 0.3) is 5.56 Å². The first kappa shape index (κ1) is 38.7. The molecular formula is C37H44N10O8. The molecule has 3 aromatic rings. The molecule has 290 valence electrons. The number of benzene rings is 2. The number of nitrogens with two attached hydrogens (primary N) is 1. The van der Waals surface area contributed by atoms with Crippen molar-refractivity contribution in [3.63, 3.8) is 0 Å². The second-order valence-electron chi connectivity index (χ2n) is 14.0. The quantitative estimate of drug-likeness (QED) is 0.0845. The molecule has 2 saturated heterocycles. The SMILES string of the molecule is Cc1nc2cccc(NC(=O)CN(N)/C=C(/CCCC(=O)Nc3cccc4c3CN(C3CCC(=O)NC3=O)C4O)N(C)C)c2c(=O)n1C1CCC(=O)NC1=O. The predicted octanol–water partition coefficient (Wildman–Crippen LogP) is 0.621. The van der Waals surface area contributed by atoms with Crippen molar-refractivity contribution in [1.29, 1.82) is 0 Å². The first-order chi connectivity index (χ1) is 26.2. The number of allylic oxidation sites excluding steroid dienone is 1. The molecule has 0 aliphatic carbocycles. The smallest absolute Gasteiger partial charge is 0.264 e. The number of fused-ring (bicyclic) bond motifs is 2. The zero-order chi connectivity index (χ0) is 39.6. The minimum absolute atomic E-state index is 0.0798. The van der Waals surface area contributed by atoms with Gasteiger partial charge >= 0.3 is 0 Å². The van der Waals surface area contributed by atoms with Crippen molar-refractivity contribution in [2.75, 3.05) is 31.3 Å². The van der Waals surface area contributed by atoms with E-state index in [-0.39, 0.29) is 61.7 Å². The van der Waals surface area contributed by atoms with Gasteiger partial charge in [-0.2, -0.15) is 0 Å². The molecule has 55 heavy (non-hydrogen) atoms. The number of rotatable bonds is 12. The second-order valence-corrected chi connectivity index (χ2v) is 14.0. The average Bonchev–Trinajstić information content (AvgIpc) is 3.45. The van der Waals surface area contributed by atoms with Gasteiger partial charge in [0.2, 0.25) is 35.4 Å². The van der Waals surface area contributed by atoms with E-state index in [9.17, 15) is 38.7 Å². The summed E-state index contributed by atoms with van der Waals surface area (Å²) in [6, 6.07) is 8.45. The molecule has 7 N–H and O–H groups in total. The molecule has 6 amide bonds. The highest BCUT2D eigenvalue weighted by molar-refractivity contribution is 6.02. The summed E-state index contributed by atoms with van der Waals surface area (Å²) in [6.07, 6.45) is 2.28. The molecule has 4 heterocycles. The van der Waals surface area contributed by atoms with Gasteiger partial charge in [-0.05, 0) is 56.4 Å². The van der Waals surface area contributed by atoms with E-state index in [4.69, 9.17) is 5.84 Å². The Morgan fingerprint density at radius 3 is 2.24 bits per heavy atom. The number of hydrogen-bond acceptors (Lipinski definition) is 13.